The van der Waals surface area contributed by atoms with E-state index < -0.39 is 0 Å². The number of pyridine rings is 2. The summed E-state index contributed by atoms with van der Waals surface area (Å²) in [7, 11) is 0. The monoisotopic (exact) mass is 459 g/mol. The Kier molecular flexibility index (Phi) is 5.64. The lowest BCUT2D eigenvalue weighted by atomic mass is 10.0. The maximum absolute atomic E-state index is 6.29. The standard InChI is InChI=1S/C25H22ClN5S/c1-17-14-19(9-10-20(17)26)30-13-5-8-22(30)24-23(21-7-2-3-12-28-21)29-25(32)31(24)16-18-6-4-11-27-15-18/h2-15,23-24H,16H2,1H3,(H,29,32)/t23-,24-/m0/s1. The minimum Gasteiger partial charge on any atom is -0.352 e. The van der Waals surface area contributed by atoms with E-state index >= 15 is 0 Å². The van der Waals surface area contributed by atoms with E-state index in [4.69, 9.17) is 23.8 Å². The quantitative estimate of drug-likeness (QED) is 0.405. The number of aromatic nitrogens is 3. The van der Waals surface area contributed by atoms with Crippen molar-refractivity contribution in [3.63, 3.8) is 0 Å². The molecule has 1 saturated heterocycles. The first kappa shape index (κ1) is 20.7. The second kappa shape index (κ2) is 8.73. The summed E-state index contributed by atoms with van der Waals surface area (Å²) in [5, 5.41) is 4.98. The summed E-state index contributed by atoms with van der Waals surface area (Å²) in [6.07, 6.45) is 7.57. The lowest BCUT2D eigenvalue weighted by Gasteiger charge is -2.29. The predicted molar refractivity (Wildman–Crippen MR) is 131 cm³/mol. The first-order valence-electron chi connectivity index (χ1n) is 10.4. The highest BCUT2D eigenvalue weighted by Crippen LogP contribution is 2.40. The molecule has 1 N–H and O–H groups in total. The number of hydrogen-bond acceptors (Lipinski definition) is 3. The van der Waals surface area contributed by atoms with Gasteiger partial charge in [-0.3, -0.25) is 9.97 Å². The molecule has 0 radical (unpaired) electrons. The van der Waals surface area contributed by atoms with E-state index in [-0.39, 0.29) is 12.1 Å². The van der Waals surface area contributed by atoms with Crippen molar-refractivity contribution in [2.24, 2.45) is 0 Å². The molecule has 0 aliphatic carbocycles. The summed E-state index contributed by atoms with van der Waals surface area (Å²) in [6, 6.07) is 20.2. The fraction of sp³-hybridized carbons (Fsp3) is 0.160. The summed E-state index contributed by atoms with van der Waals surface area (Å²) in [5.74, 6) is 0. The molecule has 0 unspecified atom stereocenters. The molecule has 32 heavy (non-hydrogen) atoms. The van der Waals surface area contributed by atoms with E-state index in [1.54, 1.807) is 6.20 Å². The number of hydrogen-bond donors (Lipinski definition) is 1. The van der Waals surface area contributed by atoms with Crippen molar-refractivity contribution in [2.75, 3.05) is 0 Å². The molecule has 2 atom stereocenters. The highest BCUT2D eigenvalue weighted by Gasteiger charge is 2.41. The van der Waals surface area contributed by atoms with Gasteiger partial charge in [-0.2, -0.15) is 0 Å². The average Bonchev–Trinajstić information content (AvgIpc) is 3.42. The van der Waals surface area contributed by atoms with E-state index in [1.165, 1.54) is 0 Å². The number of nitrogens with zero attached hydrogens (tertiary/aromatic N) is 4. The Balaban J connectivity index is 1.61. The van der Waals surface area contributed by atoms with E-state index in [2.05, 4.69) is 55.2 Å². The number of halogens is 1. The van der Waals surface area contributed by atoms with Gasteiger partial charge in [0.2, 0.25) is 0 Å². The number of thiocarbonyl (C=S) groups is 1. The van der Waals surface area contributed by atoms with E-state index in [1.807, 2.05) is 55.7 Å². The van der Waals surface area contributed by atoms with Crippen molar-refractivity contribution in [3.05, 3.63) is 113 Å². The van der Waals surface area contributed by atoms with Crippen LogP contribution in [-0.2, 0) is 6.54 Å². The fourth-order valence-corrected chi connectivity index (χ4v) is 4.66. The molecule has 7 heteroatoms. The molecule has 0 amide bonds. The van der Waals surface area contributed by atoms with Crippen molar-refractivity contribution < 1.29 is 0 Å². The molecule has 1 fully saturated rings. The fourth-order valence-electron chi connectivity index (χ4n) is 4.23. The molecule has 160 valence electrons. The lowest BCUT2D eigenvalue weighted by molar-refractivity contribution is 0.302. The molecule has 5 rings (SSSR count). The van der Waals surface area contributed by atoms with Gasteiger partial charge in [0.25, 0.3) is 0 Å². The molecule has 0 spiro atoms. The number of nitrogens with one attached hydrogen (secondary N) is 1. The van der Waals surface area contributed by atoms with Gasteiger partial charge in [0.15, 0.2) is 5.11 Å². The van der Waals surface area contributed by atoms with Crippen LogP contribution >= 0.6 is 23.8 Å². The van der Waals surface area contributed by atoms with Gasteiger partial charge in [0, 0.05) is 47.7 Å². The van der Waals surface area contributed by atoms with Crippen molar-refractivity contribution >= 4 is 28.9 Å². The normalized spacial score (nSPS) is 18.1. The van der Waals surface area contributed by atoms with Crippen molar-refractivity contribution in [3.8, 4) is 5.69 Å². The summed E-state index contributed by atoms with van der Waals surface area (Å²) < 4.78 is 2.20. The van der Waals surface area contributed by atoms with Gasteiger partial charge >= 0.3 is 0 Å². The van der Waals surface area contributed by atoms with E-state index in [0.717, 1.165) is 33.2 Å². The molecule has 0 bridgehead atoms. The van der Waals surface area contributed by atoms with E-state index in [0.29, 0.717) is 11.7 Å². The zero-order chi connectivity index (χ0) is 22.1. The van der Waals surface area contributed by atoms with Crippen LogP contribution in [0.2, 0.25) is 5.02 Å². The molecular weight excluding hydrogens is 438 g/mol. The Labute approximate surface area is 197 Å². The summed E-state index contributed by atoms with van der Waals surface area (Å²) in [4.78, 5) is 11.1. The van der Waals surface area contributed by atoms with Gasteiger partial charge in [-0.25, -0.2) is 0 Å². The summed E-state index contributed by atoms with van der Waals surface area (Å²) in [6.45, 7) is 2.67. The minimum absolute atomic E-state index is 0.0522. The summed E-state index contributed by atoms with van der Waals surface area (Å²) >= 11 is 12.1. The smallest absolute Gasteiger partial charge is 0.170 e. The average molecular weight is 460 g/mol. The van der Waals surface area contributed by atoms with Gasteiger partial charge in [0.05, 0.1) is 17.8 Å². The zero-order valence-electron chi connectivity index (χ0n) is 17.5. The van der Waals surface area contributed by atoms with Crippen LogP contribution in [0.5, 0.6) is 0 Å². The molecule has 1 aliphatic heterocycles. The Bertz CT molecular complexity index is 1240. The van der Waals surface area contributed by atoms with Gasteiger partial charge < -0.3 is 14.8 Å². The third kappa shape index (κ3) is 3.87. The molecule has 1 aliphatic rings. The Hall–Kier alpha value is -3.22. The van der Waals surface area contributed by atoms with Crippen LogP contribution in [0.25, 0.3) is 5.69 Å². The third-order valence-electron chi connectivity index (χ3n) is 5.78. The first-order chi connectivity index (χ1) is 15.6. The second-order valence-electron chi connectivity index (χ2n) is 7.85. The van der Waals surface area contributed by atoms with Gasteiger partial charge in [-0.15, -0.1) is 0 Å². The number of rotatable bonds is 5. The SMILES string of the molecule is Cc1cc(-n2cccc2[C@H]2[C@H](c3ccccn3)NC(=S)N2Cc2cccnc2)ccc1Cl. The van der Waals surface area contributed by atoms with Crippen LogP contribution in [0.1, 0.15) is 34.6 Å². The largest absolute Gasteiger partial charge is 0.352 e. The van der Waals surface area contributed by atoms with Gasteiger partial charge in [-0.05, 0) is 78.8 Å². The highest BCUT2D eigenvalue weighted by atomic mass is 35.5. The molecule has 3 aromatic heterocycles. The molecular formula is C25H22ClN5S. The van der Waals surface area contributed by atoms with Crippen LogP contribution < -0.4 is 5.32 Å². The molecule has 4 aromatic rings. The van der Waals surface area contributed by atoms with Gasteiger partial charge in [-0.1, -0.05) is 23.7 Å². The Morgan fingerprint density at radius 3 is 2.72 bits per heavy atom. The van der Waals surface area contributed by atoms with Crippen LogP contribution in [0, 0.1) is 6.92 Å². The first-order valence-corrected chi connectivity index (χ1v) is 11.2. The van der Waals surface area contributed by atoms with Crippen LogP contribution in [0.15, 0.2) is 85.5 Å². The maximum Gasteiger partial charge on any atom is 0.170 e. The third-order valence-corrected chi connectivity index (χ3v) is 6.55. The van der Waals surface area contributed by atoms with Gasteiger partial charge in [0.1, 0.15) is 0 Å². The Morgan fingerprint density at radius 2 is 1.97 bits per heavy atom. The topological polar surface area (TPSA) is 46.0 Å². The maximum atomic E-state index is 6.29. The van der Waals surface area contributed by atoms with Crippen LogP contribution in [0.4, 0.5) is 0 Å². The second-order valence-corrected chi connectivity index (χ2v) is 8.65. The van der Waals surface area contributed by atoms with Crippen LogP contribution in [0.3, 0.4) is 0 Å². The number of aryl methyl sites for hydroxylation is 1. The molecule has 1 aromatic carbocycles. The zero-order valence-corrected chi connectivity index (χ0v) is 19.1. The Morgan fingerprint density at radius 1 is 1.06 bits per heavy atom. The van der Waals surface area contributed by atoms with Crippen LogP contribution in [-0.4, -0.2) is 24.5 Å². The summed E-state index contributed by atoms with van der Waals surface area (Å²) in [5.41, 5.74) is 5.28. The number of benzene rings is 1. The lowest BCUT2D eigenvalue weighted by Crippen LogP contribution is -2.30. The van der Waals surface area contributed by atoms with Crippen molar-refractivity contribution in [1.82, 2.24) is 24.8 Å². The molecule has 5 nitrogen and oxygen atoms in total. The van der Waals surface area contributed by atoms with Crippen molar-refractivity contribution in [1.29, 1.82) is 0 Å². The predicted octanol–water partition coefficient (Wildman–Crippen LogP) is 5.40. The highest BCUT2D eigenvalue weighted by molar-refractivity contribution is 7.80. The minimum atomic E-state index is -0.0811. The molecule has 4 heterocycles. The van der Waals surface area contributed by atoms with Crippen molar-refractivity contribution in [2.45, 2.75) is 25.6 Å². The molecule has 0 saturated carbocycles. The van der Waals surface area contributed by atoms with E-state index in [9.17, 15) is 0 Å².